The van der Waals surface area contributed by atoms with Crippen molar-refractivity contribution in [3.63, 3.8) is 0 Å². The number of nitrogens with zero attached hydrogens (tertiary/aromatic N) is 2. The zero-order valence-corrected chi connectivity index (χ0v) is 16.8. The quantitative estimate of drug-likeness (QED) is 0.640. The summed E-state index contributed by atoms with van der Waals surface area (Å²) in [7, 11) is -3.21. The van der Waals surface area contributed by atoms with Crippen molar-refractivity contribution in [3.8, 4) is 0 Å². The number of nitrogens with one attached hydrogen (secondary N) is 1. The Kier molecular flexibility index (Phi) is 6.56. The average molecular weight is 409 g/mol. The van der Waals surface area contributed by atoms with Crippen LogP contribution in [0, 0.1) is 5.92 Å². The van der Waals surface area contributed by atoms with Gasteiger partial charge in [-0.25, -0.2) is 8.42 Å². The van der Waals surface area contributed by atoms with E-state index in [1.807, 2.05) is 0 Å². The van der Waals surface area contributed by atoms with E-state index in [-0.39, 0.29) is 23.5 Å². The Morgan fingerprint density at radius 1 is 1.14 bits per heavy atom. The Bertz CT molecular complexity index is 810. The smallest absolute Gasteiger partial charge is 0.251 e. The number of primary amides is 1. The molecule has 9 heteroatoms. The minimum atomic E-state index is -3.21. The van der Waals surface area contributed by atoms with Crippen molar-refractivity contribution in [2.45, 2.75) is 25.7 Å². The number of amides is 2. The highest BCUT2D eigenvalue weighted by Crippen LogP contribution is 2.24. The van der Waals surface area contributed by atoms with Gasteiger partial charge >= 0.3 is 0 Å². The van der Waals surface area contributed by atoms with Crippen LogP contribution < -0.4 is 15.4 Å². The highest BCUT2D eigenvalue weighted by molar-refractivity contribution is 7.93. The van der Waals surface area contributed by atoms with E-state index < -0.39 is 10.0 Å². The lowest BCUT2D eigenvalue weighted by Gasteiger charge is -2.31. The Balaban J connectivity index is 1.43. The molecular weight excluding hydrogens is 380 g/mol. The van der Waals surface area contributed by atoms with E-state index in [0.717, 1.165) is 32.4 Å². The van der Waals surface area contributed by atoms with E-state index in [2.05, 4.69) is 10.2 Å². The van der Waals surface area contributed by atoms with E-state index in [1.54, 1.807) is 24.3 Å². The molecular formula is C19H28N4O4S. The topological polar surface area (TPSA) is 113 Å². The molecule has 3 rings (SSSR count). The van der Waals surface area contributed by atoms with Gasteiger partial charge in [-0.3, -0.25) is 13.9 Å². The van der Waals surface area contributed by atoms with Gasteiger partial charge in [0.25, 0.3) is 5.91 Å². The van der Waals surface area contributed by atoms with E-state index in [4.69, 9.17) is 5.73 Å². The van der Waals surface area contributed by atoms with Gasteiger partial charge in [0.05, 0.1) is 17.4 Å². The van der Waals surface area contributed by atoms with Crippen LogP contribution in [0.4, 0.5) is 5.69 Å². The number of anilines is 1. The van der Waals surface area contributed by atoms with Gasteiger partial charge in [0, 0.05) is 25.2 Å². The summed E-state index contributed by atoms with van der Waals surface area (Å²) in [6.45, 7) is 3.50. The van der Waals surface area contributed by atoms with Crippen LogP contribution in [0.3, 0.4) is 0 Å². The Morgan fingerprint density at radius 2 is 1.89 bits per heavy atom. The lowest BCUT2D eigenvalue weighted by molar-refractivity contribution is -0.123. The first-order valence-corrected chi connectivity index (χ1v) is 11.4. The number of rotatable bonds is 7. The minimum absolute atomic E-state index is 0.0683. The van der Waals surface area contributed by atoms with Crippen molar-refractivity contribution in [2.75, 3.05) is 42.8 Å². The fraction of sp³-hybridized carbons (Fsp3) is 0.579. The molecule has 1 aromatic carbocycles. The molecule has 1 atom stereocenters. The van der Waals surface area contributed by atoms with Gasteiger partial charge in [-0.15, -0.1) is 0 Å². The predicted molar refractivity (Wildman–Crippen MR) is 108 cm³/mol. The highest BCUT2D eigenvalue weighted by Gasteiger charge is 2.28. The molecule has 0 aliphatic carbocycles. The fourth-order valence-electron chi connectivity index (χ4n) is 3.81. The third-order valence-corrected chi connectivity index (χ3v) is 7.23. The molecule has 0 spiro atoms. The predicted octanol–water partition coefficient (Wildman–Crippen LogP) is 0.544. The molecule has 2 amide bonds. The second kappa shape index (κ2) is 8.91. The van der Waals surface area contributed by atoms with Crippen molar-refractivity contribution >= 4 is 27.5 Å². The molecule has 2 heterocycles. The summed E-state index contributed by atoms with van der Waals surface area (Å²) < 4.78 is 25.3. The molecule has 2 aliphatic rings. The van der Waals surface area contributed by atoms with Gasteiger partial charge in [0.1, 0.15) is 0 Å². The second-order valence-electron chi connectivity index (χ2n) is 7.44. The largest absolute Gasteiger partial charge is 0.369 e. The van der Waals surface area contributed by atoms with Gasteiger partial charge in [-0.2, -0.15) is 0 Å². The monoisotopic (exact) mass is 408 g/mol. The molecule has 154 valence electrons. The van der Waals surface area contributed by atoms with Crippen LogP contribution in [0.25, 0.3) is 0 Å². The molecule has 0 aromatic heterocycles. The van der Waals surface area contributed by atoms with Crippen molar-refractivity contribution < 1.29 is 18.0 Å². The second-order valence-corrected chi connectivity index (χ2v) is 9.45. The molecule has 8 nitrogen and oxygen atoms in total. The Morgan fingerprint density at radius 3 is 2.54 bits per heavy atom. The average Bonchev–Trinajstić information content (AvgIpc) is 3.04. The zero-order chi connectivity index (χ0) is 20.1. The Hall–Kier alpha value is -2.13. The van der Waals surface area contributed by atoms with Crippen molar-refractivity contribution in [2.24, 2.45) is 11.7 Å². The van der Waals surface area contributed by atoms with E-state index >= 15 is 0 Å². The van der Waals surface area contributed by atoms with Gasteiger partial charge in [-0.05, 0) is 63.0 Å². The lowest BCUT2D eigenvalue weighted by Crippen LogP contribution is -2.42. The van der Waals surface area contributed by atoms with Crippen LogP contribution in [0.2, 0.25) is 0 Å². The lowest BCUT2D eigenvalue weighted by atomic mass is 9.97. The van der Waals surface area contributed by atoms with Crippen LogP contribution in [0.1, 0.15) is 36.0 Å². The maximum absolute atomic E-state index is 12.3. The first-order chi connectivity index (χ1) is 13.4. The number of benzene rings is 1. The minimum Gasteiger partial charge on any atom is -0.369 e. The maximum Gasteiger partial charge on any atom is 0.251 e. The maximum atomic E-state index is 12.3. The molecule has 0 saturated carbocycles. The standard InChI is InChI=1S/C19H28N4O4S/c20-18(24)16-4-1-10-22(14-16)11-2-9-21-19(25)15-5-7-17(8-6-15)23-12-3-13-28(23,26)27/h5-8,16H,1-4,9-14H2,(H2,20,24)(H,21,25). The molecule has 0 radical (unpaired) electrons. The first-order valence-electron chi connectivity index (χ1n) is 9.77. The van der Waals surface area contributed by atoms with E-state index in [0.29, 0.717) is 37.3 Å². The summed E-state index contributed by atoms with van der Waals surface area (Å²) in [5.74, 6) is -0.305. The van der Waals surface area contributed by atoms with Crippen LogP contribution >= 0.6 is 0 Å². The molecule has 2 fully saturated rings. The number of hydrogen-bond donors (Lipinski definition) is 2. The van der Waals surface area contributed by atoms with Crippen LogP contribution in [0.5, 0.6) is 0 Å². The molecule has 0 bridgehead atoms. The summed E-state index contributed by atoms with van der Waals surface area (Å²) in [4.78, 5) is 25.8. The molecule has 2 aliphatic heterocycles. The van der Waals surface area contributed by atoms with Gasteiger partial charge in [-0.1, -0.05) is 0 Å². The third-order valence-electron chi connectivity index (χ3n) is 5.36. The summed E-state index contributed by atoms with van der Waals surface area (Å²) in [5.41, 5.74) is 6.50. The number of hydrogen-bond acceptors (Lipinski definition) is 5. The summed E-state index contributed by atoms with van der Waals surface area (Å²) in [6.07, 6.45) is 3.25. The van der Waals surface area contributed by atoms with Gasteiger partial charge < -0.3 is 16.0 Å². The van der Waals surface area contributed by atoms with Gasteiger partial charge in [0.2, 0.25) is 15.9 Å². The fourth-order valence-corrected chi connectivity index (χ4v) is 5.37. The van der Waals surface area contributed by atoms with Gasteiger partial charge in [0.15, 0.2) is 0 Å². The number of likely N-dealkylation sites (tertiary alicyclic amines) is 1. The molecule has 1 aromatic rings. The molecule has 3 N–H and O–H groups in total. The van der Waals surface area contributed by atoms with Crippen molar-refractivity contribution in [1.29, 1.82) is 0 Å². The van der Waals surface area contributed by atoms with Crippen LogP contribution in [-0.2, 0) is 14.8 Å². The summed E-state index contributed by atoms with van der Waals surface area (Å²) in [6, 6.07) is 6.66. The van der Waals surface area contributed by atoms with Crippen molar-refractivity contribution in [3.05, 3.63) is 29.8 Å². The van der Waals surface area contributed by atoms with E-state index in [9.17, 15) is 18.0 Å². The molecule has 2 saturated heterocycles. The number of nitrogens with two attached hydrogens (primary N) is 1. The summed E-state index contributed by atoms with van der Waals surface area (Å²) >= 11 is 0. The van der Waals surface area contributed by atoms with Crippen LogP contribution in [-0.4, -0.2) is 63.6 Å². The normalized spacial score (nSPS) is 22.1. The SMILES string of the molecule is NC(=O)C1CCCN(CCCNC(=O)c2ccc(N3CCCS3(=O)=O)cc2)C1. The highest BCUT2D eigenvalue weighted by atomic mass is 32.2. The summed E-state index contributed by atoms with van der Waals surface area (Å²) in [5, 5.41) is 2.89. The van der Waals surface area contributed by atoms with Crippen molar-refractivity contribution in [1.82, 2.24) is 10.2 Å². The number of carbonyl (C=O) groups is 2. The van der Waals surface area contributed by atoms with Crippen LogP contribution in [0.15, 0.2) is 24.3 Å². The Labute approximate surface area is 166 Å². The molecule has 28 heavy (non-hydrogen) atoms. The number of piperidine rings is 1. The van der Waals surface area contributed by atoms with E-state index in [1.165, 1.54) is 4.31 Å². The zero-order valence-electron chi connectivity index (χ0n) is 16.0. The molecule has 1 unspecified atom stereocenters. The first kappa shape index (κ1) is 20.6. The number of sulfonamides is 1. The third kappa shape index (κ3) is 5.02. The number of carbonyl (C=O) groups excluding carboxylic acids is 2.